The van der Waals surface area contributed by atoms with E-state index in [1.165, 1.54) is 0 Å². The van der Waals surface area contributed by atoms with E-state index in [9.17, 15) is 33.6 Å². The number of rotatable bonds is 19. The summed E-state index contributed by atoms with van der Waals surface area (Å²) in [6, 6.07) is 13.9. The third-order valence-corrected chi connectivity index (χ3v) is 7.68. The first-order valence-corrected chi connectivity index (χ1v) is 15.6. The van der Waals surface area contributed by atoms with Gasteiger partial charge in [0.05, 0.1) is 31.6 Å². The number of imide groups is 1. The Bertz CT molecular complexity index is 1390. The van der Waals surface area contributed by atoms with Crippen LogP contribution in [0.4, 0.5) is 0 Å². The van der Waals surface area contributed by atoms with E-state index in [1.807, 2.05) is 0 Å². The summed E-state index contributed by atoms with van der Waals surface area (Å²) in [7, 11) is 1.56. The van der Waals surface area contributed by atoms with Gasteiger partial charge in [0, 0.05) is 12.8 Å². The molecule has 252 valence electrons. The Balaban J connectivity index is 1.68. The molecular weight excluding hydrogens is 606 g/mol. The lowest BCUT2D eigenvalue weighted by molar-refractivity contribution is -0.147. The number of aldehydes is 1. The summed E-state index contributed by atoms with van der Waals surface area (Å²) in [5, 5.41) is 12.9. The van der Waals surface area contributed by atoms with Gasteiger partial charge in [-0.2, -0.15) is 0 Å². The Kier molecular flexibility index (Phi) is 14.7. The molecule has 0 bridgehead atoms. The van der Waals surface area contributed by atoms with Crippen molar-refractivity contribution in [3.63, 3.8) is 0 Å². The minimum Gasteiger partial charge on any atom is -0.346 e. The monoisotopic (exact) mass is 649 g/mol. The largest absolute Gasteiger partial charge is 0.346 e. The molecule has 0 unspecified atom stereocenters. The molecule has 1 heterocycles. The van der Waals surface area contributed by atoms with Crippen molar-refractivity contribution in [2.75, 3.05) is 26.7 Å². The fraction of sp³-hybridized carbons (Fsp3) is 0.424. The SMILES string of the molecule is CN[C@H]1CC(=O)N([C@@H](Cc2ccccc2)C(=O)N[C@@H](Cc2ccccc2)C(=O)NCC(=O)NCC(=O)N[C@H](C=O)CCCCN)C1=O. The van der Waals surface area contributed by atoms with Crippen molar-refractivity contribution in [3.05, 3.63) is 71.8 Å². The lowest BCUT2D eigenvalue weighted by atomic mass is 10.0. The number of nitrogens with zero attached hydrogens (tertiary/aromatic N) is 1. The predicted molar refractivity (Wildman–Crippen MR) is 172 cm³/mol. The molecule has 0 saturated carbocycles. The van der Waals surface area contributed by atoms with E-state index >= 15 is 0 Å². The smallest absolute Gasteiger partial charge is 0.247 e. The Morgan fingerprint density at radius 3 is 2.04 bits per heavy atom. The van der Waals surface area contributed by atoms with Crippen LogP contribution in [0.2, 0.25) is 0 Å². The first-order chi connectivity index (χ1) is 22.7. The Hall–Kier alpha value is -4.95. The van der Waals surface area contributed by atoms with Crippen LogP contribution in [-0.4, -0.2) is 97.5 Å². The van der Waals surface area contributed by atoms with Crippen LogP contribution in [0.25, 0.3) is 0 Å². The molecule has 3 rings (SSSR count). The van der Waals surface area contributed by atoms with E-state index in [2.05, 4.69) is 26.6 Å². The summed E-state index contributed by atoms with van der Waals surface area (Å²) in [5.41, 5.74) is 6.88. The zero-order valence-corrected chi connectivity index (χ0v) is 26.4. The molecule has 7 N–H and O–H groups in total. The molecule has 0 radical (unpaired) electrons. The van der Waals surface area contributed by atoms with Gasteiger partial charge in [0.1, 0.15) is 18.4 Å². The lowest BCUT2D eigenvalue weighted by Crippen LogP contribution is -2.57. The van der Waals surface area contributed by atoms with E-state index in [0.717, 1.165) is 4.90 Å². The molecule has 47 heavy (non-hydrogen) atoms. The third kappa shape index (κ3) is 11.4. The summed E-state index contributed by atoms with van der Waals surface area (Å²) in [5.74, 6) is -3.68. The number of hydrogen-bond acceptors (Lipinski definition) is 9. The van der Waals surface area contributed by atoms with E-state index in [1.54, 1.807) is 67.7 Å². The number of benzene rings is 2. The van der Waals surface area contributed by atoms with Crippen LogP contribution in [0.5, 0.6) is 0 Å². The Labute approximate surface area is 273 Å². The van der Waals surface area contributed by atoms with Crippen LogP contribution in [0.1, 0.15) is 36.8 Å². The summed E-state index contributed by atoms with van der Waals surface area (Å²) >= 11 is 0. The zero-order chi connectivity index (χ0) is 34.2. The molecular formula is C33H43N7O7. The molecule has 2 aromatic carbocycles. The average Bonchev–Trinajstić information content (AvgIpc) is 3.37. The minimum atomic E-state index is -1.23. The summed E-state index contributed by atoms with van der Waals surface area (Å²) in [6.07, 6.45) is 2.40. The van der Waals surface area contributed by atoms with Crippen LogP contribution in [0.15, 0.2) is 60.7 Å². The van der Waals surface area contributed by atoms with Crippen molar-refractivity contribution in [2.24, 2.45) is 5.73 Å². The van der Waals surface area contributed by atoms with Gasteiger partial charge in [-0.15, -0.1) is 0 Å². The quantitative estimate of drug-likeness (QED) is 0.0607. The van der Waals surface area contributed by atoms with E-state index in [0.29, 0.717) is 43.2 Å². The van der Waals surface area contributed by atoms with Crippen LogP contribution in [0, 0.1) is 0 Å². The fourth-order valence-corrected chi connectivity index (χ4v) is 5.14. The maximum atomic E-state index is 13.8. The maximum absolute atomic E-state index is 13.8. The van der Waals surface area contributed by atoms with Crippen molar-refractivity contribution >= 4 is 41.7 Å². The van der Waals surface area contributed by atoms with Crippen molar-refractivity contribution in [1.29, 1.82) is 0 Å². The van der Waals surface area contributed by atoms with Gasteiger partial charge in [0.2, 0.25) is 35.4 Å². The Morgan fingerprint density at radius 1 is 0.851 bits per heavy atom. The van der Waals surface area contributed by atoms with Crippen LogP contribution < -0.4 is 32.3 Å². The average molecular weight is 650 g/mol. The fourth-order valence-electron chi connectivity index (χ4n) is 5.14. The van der Waals surface area contributed by atoms with E-state index in [4.69, 9.17) is 5.73 Å². The third-order valence-electron chi connectivity index (χ3n) is 7.68. The second-order valence-electron chi connectivity index (χ2n) is 11.2. The highest BCUT2D eigenvalue weighted by atomic mass is 16.2. The molecule has 14 heteroatoms. The zero-order valence-electron chi connectivity index (χ0n) is 26.4. The van der Waals surface area contributed by atoms with Crippen molar-refractivity contribution < 1.29 is 33.6 Å². The first kappa shape index (κ1) is 36.5. The Morgan fingerprint density at radius 2 is 1.47 bits per heavy atom. The number of carbonyl (C=O) groups excluding carboxylic acids is 7. The molecule has 14 nitrogen and oxygen atoms in total. The molecule has 2 aromatic rings. The number of nitrogens with two attached hydrogens (primary N) is 1. The molecule has 1 aliphatic rings. The number of unbranched alkanes of at least 4 members (excludes halogenated alkanes) is 1. The number of nitrogens with one attached hydrogen (secondary N) is 5. The first-order valence-electron chi connectivity index (χ1n) is 15.6. The lowest BCUT2D eigenvalue weighted by Gasteiger charge is -2.28. The molecule has 1 aliphatic heterocycles. The maximum Gasteiger partial charge on any atom is 0.247 e. The molecule has 1 saturated heterocycles. The van der Waals surface area contributed by atoms with Gasteiger partial charge in [-0.05, 0) is 44.0 Å². The van der Waals surface area contributed by atoms with Crippen LogP contribution >= 0.6 is 0 Å². The predicted octanol–water partition coefficient (Wildman–Crippen LogP) is -1.28. The summed E-state index contributed by atoms with van der Waals surface area (Å²) in [6.45, 7) is -0.436. The highest BCUT2D eigenvalue weighted by Gasteiger charge is 2.44. The number of carbonyl (C=O) groups is 7. The minimum absolute atomic E-state index is 0.0305. The van der Waals surface area contributed by atoms with E-state index < -0.39 is 72.7 Å². The van der Waals surface area contributed by atoms with Gasteiger partial charge in [0.15, 0.2) is 0 Å². The van der Waals surface area contributed by atoms with Gasteiger partial charge in [0.25, 0.3) is 0 Å². The number of hydrogen-bond donors (Lipinski definition) is 6. The van der Waals surface area contributed by atoms with Crippen molar-refractivity contribution in [1.82, 2.24) is 31.5 Å². The molecule has 0 aromatic heterocycles. The van der Waals surface area contributed by atoms with Gasteiger partial charge >= 0.3 is 0 Å². The second kappa shape index (κ2) is 18.9. The summed E-state index contributed by atoms with van der Waals surface area (Å²) < 4.78 is 0. The van der Waals surface area contributed by atoms with Gasteiger partial charge in [-0.1, -0.05) is 60.7 Å². The topological polar surface area (TPSA) is 209 Å². The van der Waals surface area contributed by atoms with Gasteiger partial charge in [-0.25, -0.2) is 0 Å². The van der Waals surface area contributed by atoms with Crippen LogP contribution in [0.3, 0.4) is 0 Å². The molecule has 4 atom stereocenters. The molecule has 0 aliphatic carbocycles. The van der Waals surface area contributed by atoms with Crippen molar-refractivity contribution in [3.8, 4) is 0 Å². The van der Waals surface area contributed by atoms with Gasteiger partial charge < -0.3 is 37.1 Å². The number of likely N-dealkylation sites (tertiary alicyclic amines) is 1. The molecule has 6 amide bonds. The van der Waals surface area contributed by atoms with Crippen LogP contribution in [-0.2, 0) is 46.4 Å². The van der Waals surface area contributed by atoms with Gasteiger partial charge in [-0.3, -0.25) is 33.7 Å². The normalized spacial score (nSPS) is 16.1. The molecule has 0 spiro atoms. The standard InChI is InChI=1S/C33H43N7O7/c1-35-26-18-30(44)40(33(26)47)27(17-23-12-6-3-7-13-23)32(46)39-25(16-22-10-4-2-5-11-22)31(45)37-19-28(42)36-20-29(43)38-24(21-41)14-8-9-15-34/h2-7,10-13,21,24-27,35H,8-9,14-20,34H2,1H3,(H,36,42)(H,37,45)(H,38,43)(H,39,46)/t24-,25-,26-,27-/m0/s1. The highest BCUT2D eigenvalue weighted by Crippen LogP contribution is 2.20. The number of likely N-dealkylation sites (N-methyl/N-ethyl adjacent to an activating group) is 1. The number of amides is 6. The second-order valence-corrected chi connectivity index (χ2v) is 11.2. The summed E-state index contributed by atoms with van der Waals surface area (Å²) in [4.78, 5) is 90.1. The molecule has 1 fully saturated rings. The van der Waals surface area contributed by atoms with E-state index in [-0.39, 0.29) is 19.3 Å². The van der Waals surface area contributed by atoms with Crippen molar-refractivity contribution in [2.45, 2.75) is 62.7 Å². The highest BCUT2D eigenvalue weighted by molar-refractivity contribution is 6.09.